The molecule has 0 aromatic rings. The molecule has 6 heavy (non-hydrogen) atoms. The third-order valence-corrected chi connectivity index (χ3v) is 0.194. The van der Waals surface area contributed by atoms with Crippen LogP contribution in [0.1, 0.15) is 0 Å². The minimum absolute atomic E-state index is 0.0532. The maximum atomic E-state index is 7.68. The SMILES string of the molecule is [CH2]/C(N)=N/C#N. The second-order valence-corrected chi connectivity index (χ2v) is 0.703. The molecule has 0 fully saturated rings. The van der Waals surface area contributed by atoms with Gasteiger partial charge < -0.3 is 5.73 Å². The van der Waals surface area contributed by atoms with Crippen LogP contribution in [0.2, 0.25) is 0 Å². The van der Waals surface area contributed by atoms with Gasteiger partial charge in [-0.2, -0.15) is 10.3 Å². The Morgan fingerprint density at radius 2 is 2.50 bits per heavy atom. The highest BCUT2D eigenvalue weighted by Crippen LogP contribution is 1.57. The zero-order chi connectivity index (χ0) is 4.99. The van der Waals surface area contributed by atoms with Gasteiger partial charge in [0.25, 0.3) is 0 Å². The second-order valence-electron chi connectivity index (χ2n) is 0.703. The molecule has 2 N–H and O–H groups in total. The minimum Gasteiger partial charge on any atom is -0.386 e. The van der Waals surface area contributed by atoms with Crippen LogP contribution in [0, 0.1) is 18.4 Å². The fourth-order valence-corrected chi connectivity index (χ4v) is 0.0642. The Kier molecular flexibility index (Phi) is 1.83. The number of nitrogens with two attached hydrogens (primary N) is 1. The predicted molar refractivity (Wildman–Crippen MR) is 22.6 cm³/mol. The first-order valence-corrected chi connectivity index (χ1v) is 1.31. The van der Waals surface area contributed by atoms with Crippen molar-refractivity contribution in [2.75, 3.05) is 0 Å². The molecule has 0 amide bonds. The molecule has 0 saturated carbocycles. The van der Waals surface area contributed by atoms with E-state index in [0.717, 1.165) is 0 Å². The van der Waals surface area contributed by atoms with Crippen LogP contribution in [0.5, 0.6) is 0 Å². The van der Waals surface area contributed by atoms with E-state index in [-0.39, 0.29) is 5.84 Å². The number of amidine groups is 1. The molecule has 3 heteroatoms. The van der Waals surface area contributed by atoms with Crippen LogP contribution >= 0.6 is 0 Å². The van der Waals surface area contributed by atoms with Gasteiger partial charge in [-0.3, -0.25) is 0 Å². The summed E-state index contributed by atoms with van der Waals surface area (Å²) in [4.78, 5) is 3.01. The summed E-state index contributed by atoms with van der Waals surface area (Å²) < 4.78 is 0. The van der Waals surface area contributed by atoms with Crippen molar-refractivity contribution < 1.29 is 0 Å². The lowest BCUT2D eigenvalue weighted by Gasteiger charge is -1.72. The zero-order valence-electron chi connectivity index (χ0n) is 3.18. The molecule has 0 aliphatic carbocycles. The van der Waals surface area contributed by atoms with Crippen molar-refractivity contribution in [3.8, 4) is 6.19 Å². The van der Waals surface area contributed by atoms with Gasteiger partial charge in [-0.05, 0) is 0 Å². The molecule has 0 aliphatic rings. The number of hydrogen-bond acceptors (Lipinski definition) is 2. The molecule has 0 bridgehead atoms. The first kappa shape index (κ1) is 4.96. The van der Waals surface area contributed by atoms with E-state index in [1.807, 2.05) is 0 Å². The monoisotopic (exact) mass is 82.0 g/mol. The number of aliphatic imine (C=N–C) groups is 1. The topological polar surface area (TPSA) is 62.2 Å². The minimum atomic E-state index is 0.0532. The average Bonchev–Trinajstić information content (AvgIpc) is 1.35. The van der Waals surface area contributed by atoms with Gasteiger partial charge in [0.05, 0.1) is 0 Å². The smallest absolute Gasteiger partial charge is 0.207 e. The Labute approximate surface area is 36.1 Å². The van der Waals surface area contributed by atoms with Crippen molar-refractivity contribution in [2.45, 2.75) is 0 Å². The highest BCUT2D eigenvalue weighted by molar-refractivity contribution is 5.84. The summed E-state index contributed by atoms with van der Waals surface area (Å²) in [5.74, 6) is 0.0532. The van der Waals surface area contributed by atoms with Gasteiger partial charge in [-0.1, -0.05) is 0 Å². The van der Waals surface area contributed by atoms with E-state index in [1.54, 1.807) is 0 Å². The first-order valence-electron chi connectivity index (χ1n) is 1.31. The highest BCUT2D eigenvalue weighted by Gasteiger charge is 1.68. The summed E-state index contributed by atoms with van der Waals surface area (Å²) in [5, 5.41) is 7.68. The molecule has 31 valence electrons. The third kappa shape index (κ3) is 2.96. The Morgan fingerprint density at radius 3 is 2.50 bits per heavy atom. The van der Waals surface area contributed by atoms with Gasteiger partial charge in [0, 0.05) is 6.92 Å². The van der Waals surface area contributed by atoms with Crippen LogP contribution in [-0.2, 0) is 0 Å². The molecular weight excluding hydrogens is 78.1 g/mol. The van der Waals surface area contributed by atoms with E-state index < -0.39 is 0 Å². The van der Waals surface area contributed by atoms with Gasteiger partial charge in [0.15, 0.2) is 0 Å². The molecule has 0 saturated heterocycles. The largest absolute Gasteiger partial charge is 0.386 e. The standard InChI is InChI=1S/C3H4N3/c1-3(5)6-2-4/h1H2,(H2,5,6). The second kappa shape index (κ2) is 2.21. The number of nitriles is 1. The van der Waals surface area contributed by atoms with Crippen LogP contribution in [0.4, 0.5) is 0 Å². The van der Waals surface area contributed by atoms with E-state index in [2.05, 4.69) is 11.9 Å². The van der Waals surface area contributed by atoms with Gasteiger partial charge in [0.1, 0.15) is 5.84 Å². The maximum absolute atomic E-state index is 7.68. The summed E-state index contributed by atoms with van der Waals surface area (Å²) in [6.07, 6.45) is 1.47. The molecule has 0 aliphatic heterocycles. The van der Waals surface area contributed by atoms with Crippen molar-refractivity contribution >= 4 is 5.84 Å². The molecule has 0 rings (SSSR count). The molecule has 0 aromatic carbocycles. The molecule has 1 radical (unpaired) electrons. The van der Waals surface area contributed by atoms with Crippen molar-refractivity contribution in [1.82, 2.24) is 0 Å². The summed E-state index contributed by atoms with van der Waals surface area (Å²) in [6.45, 7) is 3.13. The van der Waals surface area contributed by atoms with Gasteiger partial charge in [-0.15, -0.1) is 0 Å². The molecule has 0 unspecified atom stereocenters. The van der Waals surface area contributed by atoms with Crippen LogP contribution in [0.3, 0.4) is 0 Å². The average molecular weight is 82.1 g/mol. The summed E-state index contributed by atoms with van der Waals surface area (Å²) in [6, 6.07) is 0. The van der Waals surface area contributed by atoms with Crippen LogP contribution in [-0.4, -0.2) is 5.84 Å². The summed E-state index contributed by atoms with van der Waals surface area (Å²) in [7, 11) is 0. The first-order chi connectivity index (χ1) is 2.77. The fraction of sp³-hybridized carbons (Fsp3) is 0. The van der Waals surface area contributed by atoms with Gasteiger partial charge in [-0.25, -0.2) is 0 Å². The normalized spacial score (nSPS) is 10.3. The van der Waals surface area contributed by atoms with Crippen molar-refractivity contribution in [3.63, 3.8) is 0 Å². The van der Waals surface area contributed by atoms with Crippen molar-refractivity contribution in [1.29, 1.82) is 5.26 Å². The number of rotatable bonds is 0. The lowest BCUT2D eigenvalue weighted by molar-refractivity contribution is 1.42. The van der Waals surface area contributed by atoms with E-state index in [0.29, 0.717) is 0 Å². The summed E-state index contributed by atoms with van der Waals surface area (Å²) in [5.41, 5.74) is 4.82. The number of hydrogen-bond donors (Lipinski definition) is 1. The van der Waals surface area contributed by atoms with Crippen LogP contribution in [0.15, 0.2) is 4.99 Å². The van der Waals surface area contributed by atoms with Gasteiger partial charge in [0.2, 0.25) is 6.19 Å². The van der Waals surface area contributed by atoms with E-state index >= 15 is 0 Å². The third-order valence-electron chi connectivity index (χ3n) is 0.194. The zero-order valence-corrected chi connectivity index (χ0v) is 3.18. The molecular formula is C3H4N3. The predicted octanol–water partition coefficient (Wildman–Crippen LogP) is -0.341. The van der Waals surface area contributed by atoms with Crippen LogP contribution in [0.25, 0.3) is 0 Å². The summed E-state index contributed by atoms with van der Waals surface area (Å²) >= 11 is 0. The van der Waals surface area contributed by atoms with Crippen molar-refractivity contribution in [3.05, 3.63) is 6.92 Å². The van der Waals surface area contributed by atoms with E-state index in [4.69, 9.17) is 11.0 Å². The molecule has 0 spiro atoms. The Morgan fingerprint density at radius 1 is 2.00 bits per heavy atom. The fourth-order valence-electron chi connectivity index (χ4n) is 0.0642. The quantitative estimate of drug-likeness (QED) is 0.247. The van der Waals surface area contributed by atoms with Crippen molar-refractivity contribution in [2.24, 2.45) is 10.7 Å². The van der Waals surface area contributed by atoms with Crippen LogP contribution < -0.4 is 5.73 Å². The Bertz CT molecular complexity index is 93.1. The molecule has 0 heterocycles. The van der Waals surface area contributed by atoms with E-state index in [1.165, 1.54) is 6.19 Å². The molecule has 0 aromatic heterocycles. The number of nitrogens with zero attached hydrogens (tertiary/aromatic N) is 2. The maximum Gasteiger partial charge on any atom is 0.207 e. The highest BCUT2D eigenvalue weighted by atomic mass is 14.8. The van der Waals surface area contributed by atoms with Gasteiger partial charge >= 0.3 is 0 Å². The Hall–Kier alpha value is -1.04. The Balaban J connectivity index is 3.51. The molecule has 3 nitrogen and oxygen atoms in total. The molecule has 0 atom stereocenters. The lowest BCUT2D eigenvalue weighted by atomic mass is 10.7. The van der Waals surface area contributed by atoms with E-state index in [9.17, 15) is 0 Å². The lowest BCUT2D eigenvalue weighted by Crippen LogP contribution is -2.03.